The molecule has 7 nitrogen and oxygen atoms in total. The number of benzene rings is 1. The summed E-state index contributed by atoms with van der Waals surface area (Å²) in [5.41, 5.74) is -0.292. The zero-order chi connectivity index (χ0) is 18.4. The lowest BCUT2D eigenvalue weighted by atomic mass is 9.95. The number of nitrogens with one attached hydrogen (secondary N) is 2. The van der Waals surface area contributed by atoms with Crippen molar-refractivity contribution in [1.82, 2.24) is 10.0 Å². The van der Waals surface area contributed by atoms with Crippen molar-refractivity contribution in [2.45, 2.75) is 45.7 Å². The predicted octanol–water partition coefficient (Wildman–Crippen LogP) is 1.50. The van der Waals surface area contributed by atoms with E-state index in [9.17, 15) is 23.1 Å². The monoisotopic (exact) mass is 356 g/mol. The summed E-state index contributed by atoms with van der Waals surface area (Å²) < 4.78 is 25.2. The Hall–Kier alpha value is -1.93. The van der Waals surface area contributed by atoms with E-state index in [0.29, 0.717) is 24.0 Å². The summed E-state index contributed by atoms with van der Waals surface area (Å²) >= 11 is 0. The number of amides is 1. The van der Waals surface area contributed by atoms with Crippen molar-refractivity contribution in [3.63, 3.8) is 0 Å². The van der Waals surface area contributed by atoms with Crippen LogP contribution in [0.5, 0.6) is 0 Å². The van der Waals surface area contributed by atoms with Crippen molar-refractivity contribution in [1.29, 1.82) is 0 Å². The Kier molecular flexibility index (Phi) is 6.92. The molecule has 0 aliphatic carbocycles. The first-order valence-electron chi connectivity index (χ1n) is 7.75. The third-order valence-electron chi connectivity index (χ3n) is 3.70. The molecule has 1 rings (SSSR count). The molecule has 0 saturated carbocycles. The summed E-state index contributed by atoms with van der Waals surface area (Å²) in [6.07, 6.45) is 0.949. The molecule has 1 aromatic rings. The van der Waals surface area contributed by atoms with Gasteiger partial charge in [-0.1, -0.05) is 25.5 Å². The summed E-state index contributed by atoms with van der Waals surface area (Å²) in [4.78, 5) is 23.6. The number of sulfonamides is 1. The van der Waals surface area contributed by atoms with Gasteiger partial charge in [0, 0.05) is 12.1 Å². The number of carbonyl (C=O) groups is 2. The molecule has 0 radical (unpaired) electrons. The lowest BCUT2D eigenvalue weighted by Gasteiger charge is -2.25. The molecule has 24 heavy (non-hydrogen) atoms. The number of carboxylic acid groups (broad SMARTS) is 1. The molecule has 1 aromatic carbocycles. The Morgan fingerprint density at radius 2 is 1.75 bits per heavy atom. The van der Waals surface area contributed by atoms with Crippen LogP contribution in [0.2, 0.25) is 0 Å². The fourth-order valence-electron chi connectivity index (χ4n) is 2.11. The number of hydrogen-bond donors (Lipinski definition) is 3. The van der Waals surface area contributed by atoms with Crippen LogP contribution in [0.25, 0.3) is 0 Å². The average Bonchev–Trinajstić information content (AvgIpc) is 2.53. The van der Waals surface area contributed by atoms with E-state index in [0.717, 1.165) is 0 Å². The van der Waals surface area contributed by atoms with Gasteiger partial charge in [-0.05, 0) is 38.0 Å². The fourth-order valence-corrected chi connectivity index (χ4v) is 2.71. The van der Waals surface area contributed by atoms with Crippen LogP contribution in [-0.4, -0.2) is 36.7 Å². The first-order chi connectivity index (χ1) is 11.1. The van der Waals surface area contributed by atoms with Gasteiger partial charge in [0.15, 0.2) is 0 Å². The van der Waals surface area contributed by atoms with E-state index in [1.165, 1.54) is 6.92 Å². The van der Waals surface area contributed by atoms with Crippen LogP contribution in [0.4, 0.5) is 0 Å². The van der Waals surface area contributed by atoms with Crippen LogP contribution in [0.15, 0.2) is 24.3 Å². The number of hydrogen-bond acceptors (Lipinski definition) is 4. The maximum Gasteiger partial charge on any atom is 0.329 e. The summed E-state index contributed by atoms with van der Waals surface area (Å²) in [6.45, 7) is 5.01. The zero-order valence-corrected chi connectivity index (χ0v) is 14.9. The highest BCUT2D eigenvalue weighted by molar-refractivity contribution is 7.89. The molecular formula is C16H24N2O5S. The first kappa shape index (κ1) is 20.1. The van der Waals surface area contributed by atoms with Crippen LogP contribution in [0, 0.1) is 0 Å². The Bertz CT molecular complexity index is 685. The van der Waals surface area contributed by atoms with Gasteiger partial charge in [0.05, 0.1) is 5.75 Å². The van der Waals surface area contributed by atoms with Gasteiger partial charge in [-0.2, -0.15) is 0 Å². The molecule has 0 heterocycles. The number of rotatable bonds is 9. The second-order valence-electron chi connectivity index (χ2n) is 5.76. The van der Waals surface area contributed by atoms with Gasteiger partial charge in [-0.3, -0.25) is 4.79 Å². The highest BCUT2D eigenvalue weighted by atomic mass is 32.2. The number of aliphatic carboxylic acids is 1. The highest BCUT2D eigenvalue weighted by Crippen LogP contribution is 2.14. The average molecular weight is 356 g/mol. The van der Waals surface area contributed by atoms with Crippen molar-refractivity contribution in [3.8, 4) is 0 Å². The van der Waals surface area contributed by atoms with E-state index in [2.05, 4.69) is 10.0 Å². The quantitative estimate of drug-likeness (QED) is 0.621. The molecule has 0 aliphatic rings. The van der Waals surface area contributed by atoms with Crippen LogP contribution in [-0.2, 0) is 21.4 Å². The predicted molar refractivity (Wildman–Crippen MR) is 91.2 cm³/mol. The Morgan fingerprint density at radius 1 is 1.17 bits per heavy atom. The Balaban J connectivity index is 2.78. The van der Waals surface area contributed by atoms with Crippen molar-refractivity contribution in [2.75, 3.05) is 5.75 Å². The lowest BCUT2D eigenvalue weighted by Crippen LogP contribution is -2.52. The number of carboxylic acids is 1. The van der Waals surface area contributed by atoms with Crippen LogP contribution in [0.1, 0.15) is 49.5 Å². The zero-order valence-electron chi connectivity index (χ0n) is 14.1. The molecule has 1 atom stereocenters. The molecule has 3 N–H and O–H groups in total. The van der Waals surface area contributed by atoms with Crippen LogP contribution < -0.4 is 10.0 Å². The molecule has 8 heteroatoms. The molecule has 0 aliphatic heterocycles. The molecule has 134 valence electrons. The van der Waals surface area contributed by atoms with E-state index < -0.39 is 27.4 Å². The topological polar surface area (TPSA) is 113 Å². The maximum absolute atomic E-state index is 12.2. The molecular weight excluding hydrogens is 332 g/mol. The van der Waals surface area contributed by atoms with Crippen LogP contribution >= 0.6 is 0 Å². The second-order valence-corrected chi connectivity index (χ2v) is 7.86. The van der Waals surface area contributed by atoms with Gasteiger partial charge in [0.1, 0.15) is 5.54 Å². The van der Waals surface area contributed by atoms with E-state index in [1.807, 2.05) is 6.92 Å². The second kappa shape index (κ2) is 8.25. The van der Waals surface area contributed by atoms with Gasteiger partial charge in [0.25, 0.3) is 5.91 Å². The molecule has 0 bridgehead atoms. The van der Waals surface area contributed by atoms with Crippen molar-refractivity contribution in [3.05, 3.63) is 35.4 Å². The summed E-state index contributed by atoms with van der Waals surface area (Å²) in [7, 11) is -3.28. The highest BCUT2D eigenvalue weighted by Gasteiger charge is 2.33. The molecule has 0 fully saturated rings. The van der Waals surface area contributed by atoms with Gasteiger partial charge in [-0.25, -0.2) is 17.9 Å². The van der Waals surface area contributed by atoms with Gasteiger partial charge in [0.2, 0.25) is 10.0 Å². The van der Waals surface area contributed by atoms with E-state index in [4.69, 9.17) is 0 Å². The third kappa shape index (κ3) is 5.61. The van der Waals surface area contributed by atoms with Crippen LogP contribution in [0.3, 0.4) is 0 Å². The summed E-state index contributed by atoms with van der Waals surface area (Å²) in [5.74, 6) is -1.56. The minimum absolute atomic E-state index is 0.00130. The minimum Gasteiger partial charge on any atom is -0.480 e. The lowest BCUT2D eigenvalue weighted by molar-refractivity contribution is -0.144. The Morgan fingerprint density at radius 3 is 2.21 bits per heavy atom. The normalized spacial score (nSPS) is 14.0. The molecule has 0 aromatic heterocycles. The third-order valence-corrected chi connectivity index (χ3v) is 5.05. The molecule has 0 saturated heterocycles. The van der Waals surface area contributed by atoms with Crippen molar-refractivity contribution in [2.24, 2.45) is 0 Å². The van der Waals surface area contributed by atoms with Crippen molar-refractivity contribution >= 4 is 21.9 Å². The SMILES string of the molecule is CCCC(C)(NC(=O)c1ccc(CNS(=O)(=O)CC)cc1)C(=O)O. The van der Waals surface area contributed by atoms with Gasteiger partial charge in [-0.15, -0.1) is 0 Å². The number of carbonyl (C=O) groups excluding carboxylic acids is 1. The smallest absolute Gasteiger partial charge is 0.329 e. The molecule has 0 spiro atoms. The van der Waals surface area contributed by atoms with E-state index >= 15 is 0 Å². The summed E-state index contributed by atoms with van der Waals surface area (Å²) in [6, 6.07) is 6.34. The standard InChI is InChI=1S/C16H24N2O5S/c1-4-10-16(3,15(20)21)18-14(19)13-8-6-12(7-9-13)11-17-24(22,23)5-2/h6-9,17H,4-5,10-11H2,1-3H3,(H,18,19)(H,20,21). The first-order valence-corrected chi connectivity index (χ1v) is 9.41. The minimum atomic E-state index is -3.28. The van der Waals surface area contributed by atoms with Gasteiger partial charge >= 0.3 is 5.97 Å². The maximum atomic E-state index is 12.2. The largest absolute Gasteiger partial charge is 0.480 e. The summed E-state index contributed by atoms with van der Waals surface area (Å²) in [5, 5.41) is 11.8. The fraction of sp³-hybridized carbons (Fsp3) is 0.500. The Labute approximate surface area is 142 Å². The molecule has 1 amide bonds. The molecule has 1 unspecified atom stereocenters. The van der Waals surface area contributed by atoms with E-state index in [1.54, 1.807) is 31.2 Å². The van der Waals surface area contributed by atoms with E-state index in [-0.39, 0.29) is 12.3 Å². The van der Waals surface area contributed by atoms with Crippen molar-refractivity contribution < 1.29 is 23.1 Å². The van der Waals surface area contributed by atoms with Gasteiger partial charge < -0.3 is 10.4 Å².